The van der Waals surface area contributed by atoms with Crippen LogP contribution in [-0.2, 0) is 25.8 Å². The number of nitrogens with zero attached hydrogens (tertiary/aromatic N) is 2. The molecule has 0 fully saturated rings. The van der Waals surface area contributed by atoms with E-state index in [0.29, 0.717) is 0 Å². The Labute approximate surface area is 126 Å². The zero-order valence-corrected chi connectivity index (χ0v) is 12.9. The van der Waals surface area contributed by atoms with Crippen LogP contribution < -0.4 is 4.74 Å². The summed E-state index contributed by atoms with van der Waals surface area (Å²) in [7, 11) is 0. The van der Waals surface area contributed by atoms with Gasteiger partial charge in [0.2, 0.25) is 0 Å². The Balaban J connectivity index is 1.57. The van der Waals surface area contributed by atoms with E-state index >= 15 is 0 Å². The van der Waals surface area contributed by atoms with Crippen LogP contribution in [0.15, 0.2) is 18.2 Å². The zero-order valence-electron chi connectivity index (χ0n) is 12.9. The second kappa shape index (κ2) is 4.90. The van der Waals surface area contributed by atoms with Gasteiger partial charge in [-0.25, -0.2) is 4.98 Å². The van der Waals surface area contributed by atoms with Crippen molar-refractivity contribution in [2.75, 3.05) is 0 Å². The number of aryl methyl sites for hydroxylation is 3. The van der Waals surface area contributed by atoms with Crippen molar-refractivity contribution in [1.82, 2.24) is 9.55 Å². The summed E-state index contributed by atoms with van der Waals surface area (Å²) in [6, 6.07) is 6.50. The monoisotopic (exact) mass is 282 g/mol. The predicted octanol–water partition coefficient (Wildman–Crippen LogP) is 3.38. The van der Waals surface area contributed by atoms with E-state index in [1.54, 1.807) is 0 Å². The summed E-state index contributed by atoms with van der Waals surface area (Å²) >= 11 is 0. The molecule has 1 aromatic carbocycles. The van der Waals surface area contributed by atoms with Gasteiger partial charge in [-0.3, -0.25) is 0 Å². The maximum atomic E-state index is 6.13. The molecule has 0 N–H and O–H groups in total. The smallest absolute Gasteiger partial charge is 0.123 e. The molecular weight excluding hydrogens is 260 g/mol. The van der Waals surface area contributed by atoms with Crippen LogP contribution in [0.4, 0.5) is 0 Å². The molecule has 0 saturated heterocycles. The van der Waals surface area contributed by atoms with Crippen molar-refractivity contribution in [2.24, 2.45) is 0 Å². The van der Waals surface area contributed by atoms with Gasteiger partial charge >= 0.3 is 0 Å². The van der Waals surface area contributed by atoms with Gasteiger partial charge in [0.25, 0.3) is 0 Å². The molecule has 0 amide bonds. The van der Waals surface area contributed by atoms with Crippen LogP contribution in [-0.4, -0.2) is 15.7 Å². The average Bonchev–Trinajstić information content (AvgIpc) is 3.00. The van der Waals surface area contributed by atoms with Gasteiger partial charge in [-0.05, 0) is 51.2 Å². The van der Waals surface area contributed by atoms with Crippen molar-refractivity contribution in [3.8, 4) is 5.75 Å². The Morgan fingerprint density at radius 1 is 1.24 bits per heavy atom. The van der Waals surface area contributed by atoms with E-state index in [9.17, 15) is 0 Å². The van der Waals surface area contributed by atoms with E-state index < -0.39 is 0 Å². The van der Waals surface area contributed by atoms with Gasteiger partial charge in [0.1, 0.15) is 17.7 Å². The molecule has 3 heteroatoms. The number of ether oxygens (including phenoxy) is 1. The second-order valence-corrected chi connectivity index (χ2v) is 6.43. The topological polar surface area (TPSA) is 27.1 Å². The molecule has 2 aliphatic rings. The number of aromatic nitrogens is 2. The minimum atomic E-state index is 0.251. The van der Waals surface area contributed by atoms with E-state index in [1.165, 1.54) is 41.8 Å². The fourth-order valence-electron chi connectivity index (χ4n) is 3.73. The van der Waals surface area contributed by atoms with Gasteiger partial charge in [-0.1, -0.05) is 17.7 Å². The van der Waals surface area contributed by atoms with Gasteiger partial charge in [-0.2, -0.15) is 0 Å². The molecule has 1 aliphatic heterocycles. The number of benzene rings is 1. The first kappa shape index (κ1) is 12.9. The first-order valence-corrected chi connectivity index (χ1v) is 8.02. The fraction of sp³-hybridized carbons (Fsp3) is 0.500. The summed E-state index contributed by atoms with van der Waals surface area (Å²) in [6.07, 6.45) is 6.17. The van der Waals surface area contributed by atoms with E-state index in [2.05, 4.69) is 36.6 Å². The lowest BCUT2D eigenvalue weighted by atomic mass is 10.0. The SMILES string of the molecule is Cc1ccc2c(c1)CC(Cn1c(C)nc3c1CCCC3)O2. The van der Waals surface area contributed by atoms with E-state index in [4.69, 9.17) is 9.72 Å². The lowest BCUT2D eigenvalue weighted by Crippen LogP contribution is -2.23. The molecule has 21 heavy (non-hydrogen) atoms. The summed E-state index contributed by atoms with van der Waals surface area (Å²) in [5, 5.41) is 0. The van der Waals surface area contributed by atoms with Crippen LogP contribution in [0.3, 0.4) is 0 Å². The Bertz CT molecular complexity index is 687. The van der Waals surface area contributed by atoms with Gasteiger partial charge in [0.15, 0.2) is 0 Å². The van der Waals surface area contributed by atoms with Crippen molar-refractivity contribution >= 4 is 0 Å². The first-order chi connectivity index (χ1) is 10.2. The molecule has 110 valence electrons. The highest BCUT2D eigenvalue weighted by Gasteiger charge is 2.26. The Morgan fingerprint density at radius 2 is 2.10 bits per heavy atom. The number of hydrogen-bond acceptors (Lipinski definition) is 2. The van der Waals surface area contributed by atoms with E-state index in [-0.39, 0.29) is 6.10 Å². The largest absolute Gasteiger partial charge is 0.488 e. The molecule has 1 aliphatic carbocycles. The maximum Gasteiger partial charge on any atom is 0.123 e. The summed E-state index contributed by atoms with van der Waals surface area (Å²) in [5.74, 6) is 2.22. The Kier molecular flexibility index (Phi) is 3.02. The molecule has 0 bridgehead atoms. The molecule has 1 atom stereocenters. The number of fused-ring (bicyclic) bond motifs is 2. The zero-order chi connectivity index (χ0) is 14.4. The normalized spacial score (nSPS) is 20.0. The van der Waals surface area contributed by atoms with Crippen molar-refractivity contribution in [3.05, 3.63) is 46.5 Å². The molecule has 0 radical (unpaired) electrons. The number of imidazole rings is 1. The summed E-state index contributed by atoms with van der Waals surface area (Å²) in [6.45, 7) is 5.20. The van der Waals surface area contributed by atoms with Crippen LogP contribution >= 0.6 is 0 Å². The van der Waals surface area contributed by atoms with Gasteiger partial charge in [0.05, 0.1) is 12.2 Å². The first-order valence-electron chi connectivity index (χ1n) is 8.02. The lowest BCUT2D eigenvalue weighted by Gasteiger charge is -2.18. The van der Waals surface area contributed by atoms with Crippen LogP contribution in [0.1, 0.15) is 41.2 Å². The van der Waals surface area contributed by atoms with Crippen molar-refractivity contribution in [1.29, 1.82) is 0 Å². The summed E-state index contributed by atoms with van der Waals surface area (Å²) < 4.78 is 8.53. The molecule has 1 aromatic heterocycles. The van der Waals surface area contributed by atoms with E-state index in [1.807, 2.05) is 0 Å². The van der Waals surface area contributed by atoms with Crippen LogP contribution in [0, 0.1) is 13.8 Å². The Morgan fingerprint density at radius 3 is 3.00 bits per heavy atom. The molecule has 3 nitrogen and oxygen atoms in total. The predicted molar refractivity (Wildman–Crippen MR) is 82.9 cm³/mol. The molecule has 0 spiro atoms. The number of rotatable bonds is 2. The molecule has 4 rings (SSSR count). The van der Waals surface area contributed by atoms with Gasteiger partial charge < -0.3 is 9.30 Å². The van der Waals surface area contributed by atoms with Crippen LogP contribution in [0.25, 0.3) is 0 Å². The van der Waals surface area contributed by atoms with Crippen molar-refractivity contribution in [2.45, 2.75) is 58.6 Å². The quantitative estimate of drug-likeness (QED) is 0.844. The van der Waals surface area contributed by atoms with Crippen LogP contribution in [0.5, 0.6) is 5.75 Å². The molecule has 2 aromatic rings. The standard InChI is InChI=1S/C18H22N2O/c1-12-7-8-18-14(9-12)10-15(21-18)11-20-13(2)19-16-5-3-4-6-17(16)20/h7-9,15H,3-6,10-11H2,1-2H3. The average molecular weight is 282 g/mol. The molecule has 2 heterocycles. The third-order valence-electron chi connectivity index (χ3n) is 4.77. The molecular formula is C18H22N2O. The van der Waals surface area contributed by atoms with Crippen molar-refractivity contribution < 1.29 is 4.74 Å². The Hall–Kier alpha value is -1.77. The second-order valence-electron chi connectivity index (χ2n) is 6.43. The minimum Gasteiger partial charge on any atom is -0.488 e. The summed E-state index contributed by atoms with van der Waals surface area (Å²) in [4.78, 5) is 4.76. The van der Waals surface area contributed by atoms with E-state index in [0.717, 1.165) is 31.0 Å². The highest BCUT2D eigenvalue weighted by molar-refractivity contribution is 5.40. The van der Waals surface area contributed by atoms with Gasteiger partial charge in [-0.15, -0.1) is 0 Å². The maximum absolute atomic E-state index is 6.13. The third-order valence-corrected chi connectivity index (χ3v) is 4.77. The molecule has 1 unspecified atom stereocenters. The van der Waals surface area contributed by atoms with Crippen molar-refractivity contribution in [3.63, 3.8) is 0 Å². The summed E-state index contributed by atoms with van der Waals surface area (Å²) in [5.41, 5.74) is 5.44. The molecule has 0 saturated carbocycles. The fourth-order valence-corrected chi connectivity index (χ4v) is 3.73. The highest BCUT2D eigenvalue weighted by atomic mass is 16.5. The van der Waals surface area contributed by atoms with Crippen LogP contribution in [0.2, 0.25) is 0 Å². The minimum absolute atomic E-state index is 0.251. The number of hydrogen-bond donors (Lipinski definition) is 0. The lowest BCUT2D eigenvalue weighted by molar-refractivity contribution is 0.206. The highest BCUT2D eigenvalue weighted by Crippen LogP contribution is 2.31. The third kappa shape index (κ3) is 2.25. The van der Waals surface area contributed by atoms with Gasteiger partial charge in [0, 0.05) is 12.1 Å².